The Morgan fingerprint density at radius 1 is 0.298 bits per heavy atom. The lowest BCUT2D eigenvalue weighted by molar-refractivity contribution is 0.924. The van der Waals surface area contributed by atoms with Crippen LogP contribution in [0.1, 0.15) is 0 Å². The fourth-order valence-electron chi connectivity index (χ4n) is 7.43. The van der Waals surface area contributed by atoms with Crippen molar-refractivity contribution in [3.8, 4) is 51.2 Å². The molecule has 0 radical (unpaired) electrons. The Hall–Kier alpha value is -8.04. The maximum absolute atomic E-state index is 14.8. The van der Waals surface area contributed by atoms with Crippen LogP contribution in [0, 0.1) is 0 Å². The molecule has 0 aliphatic heterocycles. The van der Waals surface area contributed by atoms with E-state index in [1.54, 1.807) is 68.3 Å². The van der Waals surface area contributed by atoms with Crippen LogP contribution in [0.5, 0.6) is 0 Å². The molecule has 270 valence electrons. The predicted octanol–water partition coefficient (Wildman–Crippen LogP) is 8.78. The van der Waals surface area contributed by atoms with Crippen LogP contribution in [0.4, 0.5) is 0 Å². The largest absolute Gasteiger partial charge is 0.268 e. The summed E-state index contributed by atoms with van der Waals surface area (Å²) in [7, 11) is 0. The molecule has 0 bridgehead atoms. The molecule has 0 spiro atoms. The third kappa shape index (κ3) is 5.73. The second-order valence-electron chi connectivity index (χ2n) is 13.6. The van der Waals surface area contributed by atoms with Crippen molar-refractivity contribution in [1.29, 1.82) is 0 Å². The van der Waals surface area contributed by atoms with Crippen molar-refractivity contribution in [1.82, 2.24) is 28.7 Å². The highest BCUT2D eigenvalue weighted by Crippen LogP contribution is 2.30. The molecule has 3 aromatic heterocycles. The van der Waals surface area contributed by atoms with Crippen LogP contribution in [-0.4, -0.2) is 28.7 Å². The molecule has 0 aliphatic carbocycles. The lowest BCUT2D eigenvalue weighted by Crippen LogP contribution is -2.26. The number of fused-ring (bicyclic) bond motifs is 3. The minimum absolute atomic E-state index is 0.318. The van der Waals surface area contributed by atoms with Crippen LogP contribution in [0.25, 0.3) is 83.9 Å². The number of para-hydroxylation sites is 3. The van der Waals surface area contributed by atoms with Gasteiger partial charge in [-0.2, -0.15) is 0 Å². The lowest BCUT2D eigenvalue weighted by Gasteiger charge is -2.20. The molecule has 9 heteroatoms. The van der Waals surface area contributed by atoms with Gasteiger partial charge in [0.05, 0.1) is 49.8 Å². The summed E-state index contributed by atoms with van der Waals surface area (Å²) in [5.41, 5.74) is 3.91. The standard InChI is InChI=1S/C48H30N6O3/c55-46-37-22-10-13-25-40(37)49-43(31-16-4-1-5-17-31)52(46)34-28-35(53-44(32-18-6-2-7-19-32)50-41-26-14-11-23-38(41)47(53)56)30-36(29-34)54-45(33-20-8-3-9-21-33)51-42-27-15-12-24-39(42)48(54)57/h1-30H. The molecule has 3 heterocycles. The molecule has 0 saturated heterocycles. The van der Waals surface area contributed by atoms with E-state index in [-0.39, 0.29) is 16.7 Å². The Morgan fingerprint density at radius 3 is 0.825 bits per heavy atom. The summed E-state index contributed by atoms with van der Waals surface area (Å²) in [5, 5.41) is 1.23. The number of benzene rings is 7. The van der Waals surface area contributed by atoms with Gasteiger partial charge in [-0.3, -0.25) is 28.1 Å². The van der Waals surface area contributed by atoms with Crippen molar-refractivity contribution in [3.63, 3.8) is 0 Å². The highest BCUT2D eigenvalue weighted by atomic mass is 16.1. The Labute approximate surface area is 324 Å². The fourth-order valence-corrected chi connectivity index (χ4v) is 7.43. The van der Waals surface area contributed by atoms with Gasteiger partial charge in [-0.1, -0.05) is 127 Å². The second-order valence-corrected chi connectivity index (χ2v) is 13.6. The van der Waals surface area contributed by atoms with E-state index in [9.17, 15) is 14.4 Å². The molecule has 10 rings (SSSR count). The topological polar surface area (TPSA) is 105 Å². The van der Waals surface area contributed by atoms with Crippen LogP contribution < -0.4 is 16.7 Å². The maximum atomic E-state index is 14.8. The molecule has 0 saturated carbocycles. The smallest absolute Gasteiger partial charge is 0.266 e. The first-order chi connectivity index (χ1) is 28.0. The van der Waals surface area contributed by atoms with Gasteiger partial charge in [0.15, 0.2) is 0 Å². The summed E-state index contributed by atoms with van der Waals surface area (Å²) in [6.45, 7) is 0. The average molecular weight is 739 g/mol. The average Bonchev–Trinajstić information content (AvgIpc) is 3.27. The molecule has 10 aromatic rings. The van der Waals surface area contributed by atoms with Crippen LogP contribution in [0.2, 0.25) is 0 Å². The Bertz CT molecular complexity index is 2990. The SMILES string of the molecule is O=c1c2ccccc2nc(-c2ccccc2)n1-c1cc(-n2c(-c3ccccc3)nc3ccccc3c2=O)cc(-n2c(-c3ccccc3)nc3ccccc3c2=O)c1. The molecule has 7 aromatic carbocycles. The zero-order chi connectivity index (χ0) is 38.5. The zero-order valence-corrected chi connectivity index (χ0v) is 30.2. The predicted molar refractivity (Wildman–Crippen MR) is 225 cm³/mol. The van der Waals surface area contributed by atoms with Crippen molar-refractivity contribution in [3.05, 3.63) is 213 Å². The van der Waals surface area contributed by atoms with Gasteiger partial charge in [-0.25, -0.2) is 15.0 Å². The van der Waals surface area contributed by atoms with E-state index >= 15 is 0 Å². The number of aromatic nitrogens is 6. The van der Waals surface area contributed by atoms with Crippen molar-refractivity contribution in [2.75, 3.05) is 0 Å². The third-order valence-corrected chi connectivity index (χ3v) is 10.1. The van der Waals surface area contributed by atoms with E-state index in [0.29, 0.717) is 83.9 Å². The Morgan fingerprint density at radius 2 is 0.544 bits per heavy atom. The van der Waals surface area contributed by atoms with E-state index in [0.717, 1.165) is 0 Å². The first-order valence-corrected chi connectivity index (χ1v) is 18.4. The Balaban J connectivity index is 1.38. The Kier molecular flexibility index (Phi) is 8.04. The van der Waals surface area contributed by atoms with Gasteiger partial charge < -0.3 is 0 Å². The van der Waals surface area contributed by atoms with Gasteiger partial charge in [-0.05, 0) is 54.6 Å². The molecule has 0 aliphatic rings. The van der Waals surface area contributed by atoms with E-state index in [1.807, 2.05) is 127 Å². The van der Waals surface area contributed by atoms with Gasteiger partial charge in [0.2, 0.25) is 0 Å². The second kappa shape index (κ2) is 13.7. The highest BCUT2D eigenvalue weighted by Gasteiger charge is 2.22. The molecule has 57 heavy (non-hydrogen) atoms. The normalized spacial score (nSPS) is 11.4. The highest BCUT2D eigenvalue weighted by molar-refractivity contribution is 5.84. The van der Waals surface area contributed by atoms with Gasteiger partial charge in [0.25, 0.3) is 16.7 Å². The van der Waals surface area contributed by atoms with E-state index in [1.165, 1.54) is 0 Å². The number of nitrogens with zero attached hydrogens (tertiary/aromatic N) is 6. The van der Waals surface area contributed by atoms with Crippen molar-refractivity contribution >= 4 is 32.7 Å². The fraction of sp³-hybridized carbons (Fsp3) is 0. The first-order valence-electron chi connectivity index (χ1n) is 18.4. The third-order valence-electron chi connectivity index (χ3n) is 10.1. The van der Waals surface area contributed by atoms with Crippen molar-refractivity contribution < 1.29 is 0 Å². The van der Waals surface area contributed by atoms with Gasteiger partial charge in [-0.15, -0.1) is 0 Å². The summed E-state index contributed by atoms with van der Waals surface area (Å²) in [5.74, 6) is 1.17. The number of rotatable bonds is 6. The lowest BCUT2D eigenvalue weighted by atomic mass is 10.1. The zero-order valence-electron chi connectivity index (χ0n) is 30.2. The van der Waals surface area contributed by atoms with Crippen molar-refractivity contribution in [2.24, 2.45) is 0 Å². The van der Waals surface area contributed by atoms with E-state index < -0.39 is 0 Å². The molecule has 0 N–H and O–H groups in total. The van der Waals surface area contributed by atoms with Crippen LogP contribution in [-0.2, 0) is 0 Å². The summed E-state index contributed by atoms with van der Waals surface area (Å²) in [6, 6.07) is 55.4. The minimum Gasteiger partial charge on any atom is -0.268 e. The van der Waals surface area contributed by atoms with E-state index in [2.05, 4.69) is 0 Å². The molecule has 0 fully saturated rings. The molecular weight excluding hydrogens is 709 g/mol. The monoisotopic (exact) mass is 738 g/mol. The van der Waals surface area contributed by atoms with Crippen LogP contribution in [0.15, 0.2) is 196 Å². The molecule has 0 amide bonds. The minimum atomic E-state index is -0.318. The summed E-state index contributed by atoms with van der Waals surface area (Å²) in [4.78, 5) is 59.6. The molecule has 0 atom stereocenters. The summed E-state index contributed by atoms with van der Waals surface area (Å²) in [6.07, 6.45) is 0. The van der Waals surface area contributed by atoms with Crippen LogP contribution >= 0.6 is 0 Å². The van der Waals surface area contributed by atoms with Crippen molar-refractivity contribution in [2.45, 2.75) is 0 Å². The molecule has 9 nitrogen and oxygen atoms in total. The van der Waals surface area contributed by atoms with Gasteiger partial charge in [0.1, 0.15) is 17.5 Å². The first kappa shape index (κ1) is 33.5. The maximum Gasteiger partial charge on any atom is 0.266 e. The van der Waals surface area contributed by atoms with Gasteiger partial charge in [0, 0.05) is 16.7 Å². The summed E-state index contributed by atoms with van der Waals surface area (Å²) < 4.78 is 4.65. The van der Waals surface area contributed by atoms with E-state index in [4.69, 9.17) is 15.0 Å². The van der Waals surface area contributed by atoms with Gasteiger partial charge >= 0.3 is 0 Å². The molecular formula is C48H30N6O3. The quantitative estimate of drug-likeness (QED) is 0.169. The number of hydrogen-bond donors (Lipinski definition) is 0. The van der Waals surface area contributed by atoms with Crippen LogP contribution in [0.3, 0.4) is 0 Å². The molecule has 0 unspecified atom stereocenters. The summed E-state index contributed by atoms with van der Waals surface area (Å²) >= 11 is 0. The number of hydrogen-bond acceptors (Lipinski definition) is 6.